The average Bonchev–Trinajstić information content (AvgIpc) is 2.95. The molecule has 2 aromatic rings. The molecule has 3 nitrogen and oxygen atoms in total. The normalized spacial score (nSPS) is 14.2. The van der Waals surface area contributed by atoms with Gasteiger partial charge >= 0.3 is 0 Å². The van der Waals surface area contributed by atoms with Crippen LogP contribution in [0.5, 0.6) is 11.5 Å². The minimum atomic E-state index is -0.344. The number of hydrogen-bond donors (Lipinski definition) is 1. The zero-order valence-corrected chi connectivity index (χ0v) is 12.2. The summed E-state index contributed by atoms with van der Waals surface area (Å²) in [5.41, 5.74) is 3.24. The van der Waals surface area contributed by atoms with Gasteiger partial charge < -0.3 is 14.8 Å². The summed E-state index contributed by atoms with van der Waals surface area (Å²) in [5.74, 6) is 0.892. The highest BCUT2D eigenvalue weighted by atomic mass is 19.1. The van der Waals surface area contributed by atoms with E-state index in [1.165, 1.54) is 18.7 Å². The van der Waals surface area contributed by atoms with E-state index < -0.39 is 0 Å². The lowest BCUT2D eigenvalue weighted by Crippen LogP contribution is -2.07. The fraction of sp³-hybridized carbons (Fsp3) is 0.294. The highest BCUT2D eigenvalue weighted by molar-refractivity contribution is 5.53. The lowest BCUT2D eigenvalue weighted by Gasteiger charge is -2.17. The number of halogens is 1. The Morgan fingerprint density at radius 1 is 1.24 bits per heavy atom. The predicted molar refractivity (Wildman–Crippen MR) is 80.6 cm³/mol. The average molecular weight is 287 g/mol. The molecule has 0 bridgehead atoms. The number of benzene rings is 2. The summed E-state index contributed by atoms with van der Waals surface area (Å²) in [6.07, 6.45) is 0.948. The van der Waals surface area contributed by atoms with Crippen molar-refractivity contribution in [3.8, 4) is 11.5 Å². The quantitative estimate of drug-likeness (QED) is 0.924. The number of fused-ring (bicyclic) bond motifs is 1. The summed E-state index contributed by atoms with van der Waals surface area (Å²) < 4.78 is 24.0. The van der Waals surface area contributed by atoms with Gasteiger partial charge in [0.1, 0.15) is 5.75 Å². The summed E-state index contributed by atoms with van der Waals surface area (Å²) in [6.45, 7) is 2.79. The van der Waals surface area contributed by atoms with Crippen molar-refractivity contribution in [2.75, 3.05) is 19.0 Å². The van der Waals surface area contributed by atoms with E-state index in [2.05, 4.69) is 11.4 Å². The van der Waals surface area contributed by atoms with Gasteiger partial charge in [0.25, 0.3) is 0 Å². The summed E-state index contributed by atoms with van der Waals surface area (Å²) >= 11 is 0. The van der Waals surface area contributed by atoms with Crippen LogP contribution in [0.2, 0.25) is 0 Å². The molecule has 110 valence electrons. The van der Waals surface area contributed by atoms with Crippen molar-refractivity contribution < 1.29 is 13.9 Å². The zero-order chi connectivity index (χ0) is 14.8. The molecule has 0 fully saturated rings. The number of ether oxygens (including phenoxy) is 2. The number of anilines is 1. The van der Waals surface area contributed by atoms with Crippen molar-refractivity contribution in [2.45, 2.75) is 19.4 Å². The maximum Gasteiger partial charge on any atom is 0.165 e. The SMILES string of the molecule is COc1cc(C(C)Nc2ccc3c(c2)CCO3)ccc1F. The van der Waals surface area contributed by atoms with Gasteiger partial charge in [-0.3, -0.25) is 0 Å². The first-order valence-corrected chi connectivity index (χ1v) is 7.03. The second kappa shape index (κ2) is 5.64. The summed E-state index contributed by atoms with van der Waals surface area (Å²) in [7, 11) is 1.47. The molecular formula is C17H18FNO2. The van der Waals surface area contributed by atoms with Crippen molar-refractivity contribution in [1.82, 2.24) is 0 Å². The van der Waals surface area contributed by atoms with Gasteiger partial charge in [-0.1, -0.05) is 6.07 Å². The molecule has 1 atom stereocenters. The Bertz CT molecular complexity index is 657. The van der Waals surface area contributed by atoms with E-state index in [4.69, 9.17) is 9.47 Å². The van der Waals surface area contributed by atoms with Crippen molar-refractivity contribution in [1.29, 1.82) is 0 Å². The van der Waals surface area contributed by atoms with E-state index in [0.29, 0.717) is 0 Å². The third-order valence-corrected chi connectivity index (χ3v) is 3.75. The highest BCUT2D eigenvalue weighted by Gasteiger charge is 2.14. The number of hydrogen-bond acceptors (Lipinski definition) is 3. The fourth-order valence-electron chi connectivity index (χ4n) is 2.56. The zero-order valence-electron chi connectivity index (χ0n) is 12.2. The van der Waals surface area contributed by atoms with E-state index in [1.807, 2.05) is 19.1 Å². The Morgan fingerprint density at radius 3 is 2.90 bits per heavy atom. The van der Waals surface area contributed by atoms with Crippen molar-refractivity contribution in [2.24, 2.45) is 0 Å². The van der Waals surface area contributed by atoms with Crippen LogP contribution in [0.1, 0.15) is 24.1 Å². The lowest BCUT2D eigenvalue weighted by atomic mass is 10.1. The molecule has 0 spiro atoms. The second-order valence-electron chi connectivity index (χ2n) is 5.18. The molecule has 1 heterocycles. The predicted octanol–water partition coefficient (Wildman–Crippen LogP) is 3.94. The van der Waals surface area contributed by atoms with Crippen LogP contribution in [0.15, 0.2) is 36.4 Å². The van der Waals surface area contributed by atoms with Crippen LogP contribution in [-0.2, 0) is 6.42 Å². The van der Waals surface area contributed by atoms with E-state index in [0.717, 1.165) is 30.0 Å². The van der Waals surface area contributed by atoms with Gasteiger partial charge in [0.2, 0.25) is 0 Å². The van der Waals surface area contributed by atoms with Gasteiger partial charge in [-0.05, 0) is 48.4 Å². The third kappa shape index (κ3) is 2.79. The van der Waals surface area contributed by atoms with Crippen molar-refractivity contribution in [3.63, 3.8) is 0 Å². The van der Waals surface area contributed by atoms with Crippen LogP contribution in [0.4, 0.5) is 10.1 Å². The standard InChI is InChI=1S/C17H18FNO2/c1-11(12-3-5-15(18)17(10-12)20-2)19-14-4-6-16-13(9-14)7-8-21-16/h3-6,9-11,19H,7-8H2,1-2H3. The monoisotopic (exact) mass is 287 g/mol. The van der Waals surface area contributed by atoms with Crippen LogP contribution in [0, 0.1) is 5.82 Å². The van der Waals surface area contributed by atoms with Crippen LogP contribution in [-0.4, -0.2) is 13.7 Å². The van der Waals surface area contributed by atoms with Crippen LogP contribution in [0.25, 0.3) is 0 Å². The minimum absolute atomic E-state index is 0.0554. The summed E-state index contributed by atoms with van der Waals surface area (Å²) in [4.78, 5) is 0. The van der Waals surface area contributed by atoms with Crippen LogP contribution >= 0.6 is 0 Å². The Morgan fingerprint density at radius 2 is 2.10 bits per heavy atom. The third-order valence-electron chi connectivity index (χ3n) is 3.75. The van der Waals surface area contributed by atoms with E-state index in [9.17, 15) is 4.39 Å². The summed E-state index contributed by atoms with van der Waals surface area (Å²) in [6, 6.07) is 11.1. The number of methoxy groups -OCH3 is 1. The van der Waals surface area contributed by atoms with E-state index in [1.54, 1.807) is 12.1 Å². The Kier molecular flexibility index (Phi) is 3.69. The molecule has 0 saturated carbocycles. The van der Waals surface area contributed by atoms with Crippen molar-refractivity contribution >= 4 is 5.69 Å². The molecule has 3 rings (SSSR count). The van der Waals surface area contributed by atoms with Gasteiger partial charge in [0.15, 0.2) is 11.6 Å². The Labute approximate surface area is 123 Å². The molecule has 4 heteroatoms. The van der Waals surface area contributed by atoms with Gasteiger partial charge in [-0.15, -0.1) is 0 Å². The van der Waals surface area contributed by atoms with Crippen molar-refractivity contribution in [3.05, 3.63) is 53.3 Å². The topological polar surface area (TPSA) is 30.5 Å². The molecule has 0 aliphatic carbocycles. The van der Waals surface area contributed by atoms with Gasteiger partial charge in [0, 0.05) is 18.2 Å². The molecule has 1 aliphatic heterocycles. The first-order valence-electron chi connectivity index (χ1n) is 7.03. The van der Waals surface area contributed by atoms with E-state index >= 15 is 0 Å². The smallest absolute Gasteiger partial charge is 0.165 e. The van der Waals surface area contributed by atoms with Gasteiger partial charge in [-0.25, -0.2) is 4.39 Å². The molecular weight excluding hydrogens is 269 g/mol. The lowest BCUT2D eigenvalue weighted by molar-refractivity contribution is 0.357. The minimum Gasteiger partial charge on any atom is -0.494 e. The van der Waals surface area contributed by atoms with Crippen LogP contribution < -0.4 is 14.8 Å². The first-order chi connectivity index (χ1) is 10.2. The Hall–Kier alpha value is -2.23. The number of nitrogens with one attached hydrogen (secondary N) is 1. The Balaban J connectivity index is 1.78. The van der Waals surface area contributed by atoms with Crippen LogP contribution in [0.3, 0.4) is 0 Å². The molecule has 2 aromatic carbocycles. The van der Waals surface area contributed by atoms with Gasteiger partial charge in [-0.2, -0.15) is 0 Å². The molecule has 1 aliphatic rings. The molecule has 1 N–H and O–H groups in total. The molecule has 1 unspecified atom stereocenters. The highest BCUT2D eigenvalue weighted by Crippen LogP contribution is 2.30. The first kappa shape index (κ1) is 13.7. The molecule has 0 amide bonds. The molecule has 0 saturated heterocycles. The van der Waals surface area contributed by atoms with E-state index in [-0.39, 0.29) is 17.6 Å². The molecule has 0 radical (unpaired) electrons. The largest absolute Gasteiger partial charge is 0.494 e. The maximum atomic E-state index is 13.5. The molecule has 21 heavy (non-hydrogen) atoms. The molecule has 0 aromatic heterocycles. The fourth-order valence-corrected chi connectivity index (χ4v) is 2.56. The second-order valence-corrected chi connectivity index (χ2v) is 5.18. The summed E-state index contributed by atoms with van der Waals surface area (Å²) in [5, 5.41) is 3.43. The van der Waals surface area contributed by atoms with Gasteiger partial charge in [0.05, 0.1) is 13.7 Å². The number of rotatable bonds is 4. The maximum absolute atomic E-state index is 13.5.